The zero-order chi connectivity index (χ0) is 15.5. The number of hydrogen-bond acceptors (Lipinski definition) is 3. The van der Waals surface area contributed by atoms with Gasteiger partial charge in [-0.25, -0.2) is 0 Å². The summed E-state index contributed by atoms with van der Waals surface area (Å²) in [6.07, 6.45) is 0.214. The van der Waals surface area contributed by atoms with Crippen molar-refractivity contribution in [3.8, 4) is 0 Å². The fourth-order valence-corrected chi connectivity index (χ4v) is 3.31. The normalized spacial score (nSPS) is 10.8. The number of para-hydroxylation sites is 2. The number of aryl methyl sites for hydroxylation is 1. The van der Waals surface area contributed by atoms with Crippen LogP contribution in [0.2, 0.25) is 5.02 Å². The van der Waals surface area contributed by atoms with Crippen molar-refractivity contribution in [3.63, 3.8) is 0 Å². The number of thiazole rings is 1. The molecule has 0 aliphatic rings. The van der Waals surface area contributed by atoms with Crippen molar-refractivity contribution in [1.29, 1.82) is 0 Å². The first kappa shape index (κ1) is 14.8. The Balaban J connectivity index is 1.72. The summed E-state index contributed by atoms with van der Waals surface area (Å²) in [5.41, 5.74) is 1.44. The molecule has 1 heterocycles. The topological polar surface area (TPSA) is 51.1 Å². The Morgan fingerprint density at radius 2 is 1.86 bits per heavy atom. The lowest BCUT2D eigenvalue weighted by atomic mass is 10.3. The van der Waals surface area contributed by atoms with Crippen molar-refractivity contribution in [2.24, 2.45) is 0 Å². The molecule has 0 unspecified atom stereocenters. The first-order valence-corrected chi connectivity index (χ1v) is 7.97. The van der Waals surface area contributed by atoms with Crippen LogP contribution in [0, 0.1) is 0 Å². The quantitative estimate of drug-likeness (QED) is 0.791. The van der Waals surface area contributed by atoms with Gasteiger partial charge >= 0.3 is 4.87 Å². The van der Waals surface area contributed by atoms with Crippen LogP contribution in [0.3, 0.4) is 0 Å². The Bertz CT molecular complexity index is 885. The minimum absolute atomic E-state index is 0.0493. The summed E-state index contributed by atoms with van der Waals surface area (Å²) in [5.74, 6) is -0.171. The number of anilines is 1. The van der Waals surface area contributed by atoms with Gasteiger partial charge in [0.25, 0.3) is 0 Å². The molecule has 0 fully saturated rings. The third-order valence-corrected chi connectivity index (χ3v) is 4.57. The standard InChI is InChI=1S/C16H13ClN2O2S/c17-11-5-1-2-6-12(11)18-15(20)9-10-19-13-7-3-4-8-14(13)22-16(19)21/h1-8H,9-10H2,(H,18,20). The lowest BCUT2D eigenvalue weighted by molar-refractivity contribution is -0.116. The van der Waals surface area contributed by atoms with Crippen LogP contribution in [0.4, 0.5) is 5.69 Å². The zero-order valence-corrected chi connectivity index (χ0v) is 13.2. The molecule has 112 valence electrons. The van der Waals surface area contributed by atoms with Gasteiger partial charge in [-0.2, -0.15) is 0 Å². The largest absolute Gasteiger partial charge is 0.325 e. The van der Waals surface area contributed by atoms with Crippen LogP contribution in [0.25, 0.3) is 10.2 Å². The molecule has 1 amide bonds. The van der Waals surface area contributed by atoms with E-state index < -0.39 is 0 Å². The molecule has 2 aromatic carbocycles. The minimum atomic E-state index is -0.171. The lowest BCUT2D eigenvalue weighted by Crippen LogP contribution is -2.19. The Labute approximate surface area is 136 Å². The second-order valence-electron chi connectivity index (χ2n) is 4.77. The van der Waals surface area contributed by atoms with Gasteiger partial charge in [-0.3, -0.25) is 14.2 Å². The van der Waals surface area contributed by atoms with E-state index in [0.717, 1.165) is 10.2 Å². The maximum absolute atomic E-state index is 12.0. The van der Waals surface area contributed by atoms with Gasteiger partial charge in [0, 0.05) is 13.0 Å². The highest BCUT2D eigenvalue weighted by Crippen LogP contribution is 2.21. The predicted octanol–water partition coefficient (Wildman–Crippen LogP) is 3.75. The van der Waals surface area contributed by atoms with Crippen LogP contribution in [0.15, 0.2) is 53.3 Å². The second kappa shape index (κ2) is 6.34. The van der Waals surface area contributed by atoms with Gasteiger partial charge < -0.3 is 5.32 Å². The number of carbonyl (C=O) groups is 1. The van der Waals surface area contributed by atoms with Gasteiger partial charge in [-0.15, -0.1) is 0 Å². The minimum Gasteiger partial charge on any atom is -0.325 e. The highest BCUT2D eigenvalue weighted by Gasteiger charge is 2.10. The highest BCUT2D eigenvalue weighted by molar-refractivity contribution is 7.16. The van der Waals surface area contributed by atoms with Crippen LogP contribution in [0.5, 0.6) is 0 Å². The van der Waals surface area contributed by atoms with E-state index in [0.29, 0.717) is 17.3 Å². The molecular weight excluding hydrogens is 320 g/mol. The number of fused-ring (bicyclic) bond motifs is 1. The van der Waals surface area contributed by atoms with Crippen molar-refractivity contribution in [1.82, 2.24) is 4.57 Å². The van der Waals surface area contributed by atoms with Gasteiger partial charge in [-0.05, 0) is 24.3 Å². The lowest BCUT2D eigenvalue weighted by Gasteiger charge is -2.07. The molecule has 3 rings (SSSR count). The molecule has 6 heteroatoms. The van der Waals surface area contributed by atoms with Crippen LogP contribution < -0.4 is 10.2 Å². The van der Waals surface area contributed by atoms with Gasteiger partial charge in [0.05, 0.1) is 20.9 Å². The van der Waals surface area contributed by atoms with Gasteiger partial charge in [0.15, 0.2) is 0 Å². The molecule has 0 spiro atoms. The Hall–Kier alpha value is -2.11. The van der Waals surface area contributed by atoms with Gasteiger partial charge in [0.2, 0.25) is 5.91 Å². The van der Waals surface area contributed by atoms with Gasteiger partial charge in [0.1, 0.15) is 0 Å². The van der Waals surface area contributed by atoms with E-state index in [1.807, 2.05) is 24.3 Å². The summed E-state index contributed by atoms with van der Waals surface area (Å²) in [4.78, 5) is 24.0. The number of hydrogen-bond donors (Lipinski definition) is 1. The molecule has 22 heavy (non-hydrogen) atoms. The Morgan fingerprint density at radius 3 is 2.68 bits per heavy atom. The van der Waals surface area contributed by atoms with E-state index in [1.54, 1.807) is 28.8 Å². The maximum atomic E-state index is 12.0. The summed E-state index contributed by atoms with van der Waals surface area (Å²) >= 11 is 7.19. The highest BCUT2D eigenvalue weighted by atomic mass is 35.5. The zero-order valence-electron chi connectivity index (χ0n) is 11.6. The van der Waals surface area contributed by atoms with Gasteiger partial charge in [-0.1, -0.05) is 47.2 Å². The SMILES string of the molecule is O=C(CCn1c(=O)sc2ccccc21)Nc1ccccc1Cl. The average molecular weight is 333 g/mol. The fourth-order valence-electron chi connectivity index (χ4n) is 2.21. The molecule has 1 N–H and O–H groups in total. The monoisotopic (exact) mass is 332 g/mol. The fraction of sp³-hybridized carbons (Fsp3) is 0.125. The van der Waals surface area contributed by atoms with Crippen molar-refractivity contribution in [3.05, 3.63) is 63.2 Å². The van der Waals surface area contributed by atoms with E-state index in [-0.39, 0.29) is 17.2 Å². The van der Waals surface area contributed by atoms with Crippen molar-refractivity contribution >= 4 is 44.7 Å². The Kier molecular flexibility index (Phi) is 4.27. The van der Waals surface area contributed by atoms with Crippen molar-refractivity contribution in [2.45, 2.75) is 13.0 Å². The predicted molar refractivity (Wildman–Crippen MR) is 90.8 cm³/mol. The molecule has 0 aliphatic heterocycles. The number of aromatic nitrogens is 1. The average Bonchev–Trinajstić information content (AvgIpc) is 2.83. The third-order valence-electron chi connectivity index (χ3n) is 3.28. The molecule has 4 nitrogen and oxygen atoms in total. The number of nitrogens with one attached hydrogen (secondary N) is 1. The molecule has 0 aliphatic carbocycles. The molecular formula is C16H13ClN2O2S. The first-order chi connectivity index (χ1) is 10.6. The maximum Gasteiger partial charge on any atom is 0.308 e. The van der Waals surface area contributed by atoms with E-state index in [9.17, 15) is 9.59 Å². The van der Waals surface area contributed by atoms with Crippen LogP contribution in [-0.2, 0) is 11.3 Å². The molecule has 0 bridgehead atoms. The van der Waals surface area contributed by atoms with Crippen LogP contribution in [0.1, 0.15) is 6.42 Å². The first-order valence-electron chi connectivity index (χ1n) is 6.78. The molecule has 1 aromatic heterocycles. The smallest absolute Gasteiger partial charge is 0.308 e. The molecule has 3 aromatic rings. The summed E-state index contributed by atoms with van der Waals surface area (Å²) in [6, 6.07) is 14.6. The van der Waals surface area contributed by atoms with E-state index in [2.05, 4.69) is 5.32 Å². The molecule has 0 saturated heterocycles. The summed E-state index contributed by atoms with van der Waals surface area (Å²) in [6.45, 7) is 0.346. The Morgan fingerprint density at radius 1 is 1.14 bits per heavy atom. The van der Waals surface area contributed by atoms with Crippen molar-refractivity contribution in [2.75, 3.05) is 5.32 Å². The number of rotatable bonds is 4. The van der Waals surface area contributed by atoms with Crippen molar-refractivity contribution < 1.29 is 4.79 Å². The summed E-state index contributed by atoms with van der Waals surface area (Å²) in [5, 5.41) is 3.25. The third kappa shape index (κ3) is 3.05. The number of carbonyl (C=O) groups excluding carboxylic acids is 1. The number of amides is 1. The van der Waals surface area contributed by atoms with Crippen LogP contribution >= 0.6 is 22.9 Å². The summed E-state index contributed by atoms with van der Waals surface area (Å²) in [7, 11) is 0. The van der Waals surface area contributed by atoms with E-state index >= 15 is 0 Å². The van der Waals surface area contributed by atoms with E-state index in [4.69, 9.17) is 11.6 Å². The molecule has 0 saturated carbocycles. The number of halogens is 1. The summed E-state index contributed by atoms with van der Waals surface area (Å²) < 4.78 is 2.56. The second-order valence-corrected chi connectivity index (χ2v) is 6.17. The molecule has 0 radical (unpaired) electrons. The van der Waals surface area contributed by atoms with Crippen LogP contribution in [-0.4, -0.2) is 10.5 Å². The van der Waals surface area contributed by atoms with E-state index in [1.165, 1.54) is 11.3 Å². The number of benzene rings is 2. The number of nitrogens with zero attached hydrogens (tertiary/aromatic N) is 1. The molecule has 0 atom stereocenters.